The molecule has 1 atom stereocenters. The Morgan fingerprint density at radius 3 is 2.81 bits per heavy atom. The molecule has 1 aliphatic heterocycles. The normalized spacial score (nSPS) is 15.4. The summed E-state index contributed by atoms with van der Waals surface area (Å²) >= 11 is 6.59. The second kappa shape index (κ2) is 11.5. The number of fused-ring (bicyclic) bond motifs is 4. The van der Waals surface area contributed by atoms with Crippen LogP contribution in [-0.2, 0) is 11.8 Å². The number of nitrogens with one attached hydrogen (secondary N) is 2. The van der Waals surface area contributed by atoms with E-state index in [1.807, 2.05) is 19.2 Å². The number of ether oxygens (including phenoxy) is 1. The third-order valence-corrected chi connectivity index (χ3v) is 8.56. The quantitative estimate of drug-likeness (QED) is 0.224. The fourth-order valence-electron chi connectivity index (χ4n) is 6.27. The molecule has 1 saturated heterocycles. The Kier molecular flexibility index (Phi) is 7.72. The van der Waals surface area contributed by atoms with Crippen molar-refractivity contribution < 1.29 is 14.6 Å². The topological polar surface area (TPSA) is 129 Å². The highest BCUT2D eigenvalue weighted by Gasteiger charge is 2.29. The van der Waals surface area contributed by atoms with Crippen molar-refractivity contribution >= 4 is 61.9 Å². The van der Waals surface area contributed by atoms with E-state index in [9.17, 15) is 14.7 Å². The number of pyridine rings is 3. The summed E-state index contributed by atoms with van der Waals surface area (Å²) in [5, 5.41) is 15.6. The van der Waals surface area contributed by atoms with Crippen molar-refractivity contribution in [3.63, 3.8) is 0 Å². The molecule has 0 amide bonds. The predicted molar refractivity (Wildman–Crippen MR) is 171 cm³/mol. The van der Waals surface area contributed by atoms with E-state index in [4.69, 9.17) is 21.3 Å². The molecule has 1 unspecified atom stereocenters. The van der Waals surface area contributed by atoms with E-state index in [-0.39, 0.29) is 10.9 Å². The van der Waals surface area contributed by atoms with Gasteiger partial charge in [-0.05, 0) is 37.6 Å². The van der Waals surface area contributed by atoms with E-state index in [1.165, 1.54) is 6.20 Å². The third kappa shape index (κ3) is 5.17. The Labute approximate surface area is 253 Å². The van der Waals surface area contributed by atoms with Gasteiger partial charge in [-0.3, -0.25) is 4.79 Å². The van der Waals surface area contributed by atoms with Crippen molar-refractivity contribution in [2.75, 3.05) is 64.2 Å². The van der Waals surface area contributed by atoms with Gasteiger partial charge in [0.15, 0.2) is 0 Å². The van der Waals surface area contributed by atoms with Crippen LogP contribution in [0.1, 0.15) is 16.8 Å². The van der Waals surface area contributed by atoms with Crippen molar-refractivity contribution in [1.29, 1.82) is 0 Å². The molecule has 5 aromatic rings. The summed E-state index contributed by atoms with van der Waals surface area (Å²) in [4.78, 5) is 42.6. The highest BCUT2D eigenvalue weighted by molar-refractivity contribution is 6.33. The number of halogens is 1. The SMILES string of the molecule is CNc1cc(Cl)cc2c1[nH]c1ncc(-c3cnc4c(c3)c(=O)c(C(=O)O)cn4C)c(N3CCC(CN(C)CCOC)C3)c12. The molecule has 0 aliphatic carbocycles. The molecule has 6 rings (SSSR count). The second-order valence-corrected chi connectivity index (χ2v) is 11.7. The second-order valence-electron chi connectivity index (χ2n) is 11.2. The Morgan fingerprint density at radius 1 is 1.26 bits per heavy atom. The smallest absolute Gasteiger partial charge is 0.341 e. The number of benzene rings is 1. The van der Waals surface area contributed by atoms with Crippen LogP contribution in [0.25, 0.3) is 44.1 Å². The number of aromatic amines is 1. The summed E-state index contributed by atoms with van der Waals surface area (Å²) in [5.41, 5.74) is 4.51. The standard InChI is InChI=1S/C31H34ClN7O4/c1-33-24-11-19(32)10-20-25-27(39-6-5-17(15-39)14-37(2)7-8-43-4)22(13-34-29(25)36-26(20)24)18-9-21-28(40)23(31(41)42)16-38(3)30(21)35-12-18/h9-13,16-17,33H,5-8,14-15H2,1-4H3,(H,34,36)(H,41,42). The van der Waals surface area contributed by atoms with Crippen molar-refractivity contribution in [3.05, 3.63) is 57.6 Å². The Bertz CT molecular complexity index is 1940. The predicted octanol–water partition coefficient (Wildman–Crippen LogP) is 4.43. The lowest BCUT2D eigenvalue weighted by molar-refractivity contribution is 0.0695. The van der Waals surface area contributed by atoms with Crippen molar-refractivity contribution in [3.8, 4) is 11.1 Å². The number of carbonyl (C=O) groups is 1. The van der Waals surface area contributed by atoms with Crippen LogP contribution < -0.4 is 15.6 Å². The number of methoxy groups -OCH3 is 1. The summed E-state index contributed by atoms with van der Waals surface area (Å²) in [7, 11) is 7.37. The van der Waals surface area contributed by atoms with Crippen LogP contribution in [0.5, 0.6) is 0 Å². The van der Waals surface area contributed by atoms with Gasteiger partial charge in [-0.15, -0.1) is 0 Å². The Morgan fingerprint density at radius 2 is 2.07 bits per heavy atom. The Balaban J connectivity index is 1.56. The number of aryl methyl sites for hydroxylation is 1. The number of hydrogen-bond acceptors (Lipinski definition) is 8. The maximum absolute atomic E-state index is 13.2. The van der Waals surface area contributed by atoms with Crippen LogP contribution in [0.15, 0.2) is 41.6 Å². The van der Waals surface area contributed by atoms with Gasteiger partial charge >= 0.3 is 5.97 Å². The molecule has 12 heteroatoms. The van der Waals surface area contributed by atoms with Crippen LogP contribution in [0.4, 0.5) is 11.4 Å². The zero-order valence-electron chi connectivity index (χ0n) is 24.6. The number of aromatic carboxylic acids is 1. The summed E-state index contributed by atoms with van der Waals surface area (Å²) in [6.45, 7) is 4.17. The first-order valence-electron chi connectivity index (χ1n) is 14.2. The molecule has 5 heterocycles. The molecule has 43 heavy (non-hydrogen) atoms. The number of anilines is 2. The van der Waals surface area contributed by atoms with Gasteiger partial charge in [-0.2, -0.15) is 0 Å². The zero-order valence-corrected chi connectivity index (χ0v) is 25.3. The average molecular weight is 604 g/mol. The molecule has 0 radical (unpaired) electrons. The van der Waals surface area contributed by atoms with E-state index in [0.29, 0.717) is 28.8 Å². The molecule has 1 fully saturated rings. The minimum atomic E-state index is -1.27. The van der Waals surface area contributed by atoms with Gasteiger partial charge in [0, 0.05) is 87.5 Å². The number of aromatic nitrogens is 4. The van der Waals surface area contributed by atoms with E-state index >= 15 is 0 Å². The minimum Gasteiger partial charge on any atom is -0.477 e. The lowest BCUT2D eigenvalue weighted by atomic mass is 10.0. The van der Waals surface area contributed by atoms with Crippen LogP contribution in [0.2, 0.25) is 5.02 Å². The average Bonchev–Trinajstić information content (AvgIpc) is 3.61. The molecule has 0 bridgehead atoms. The maximum atomic E-state index is 13.2. The van der Waals surface area contributed by atoms with Gasteiger partial charge in [0.05, 0.1) is 34.3 Å². The maximum Gasteiger partial charge on any atom is 0.341 e. The first kappa shape index (κ1) is 28.9. The number of carboxylic acid groups (broad SMARTS) is 1. The third-order valence-electron chi connectivity index (χ3n) is 8.34. The minimum absolute atomic E-state index is 0.240. The molecule has 224 valence electrons. The Hall–Kier alpha value is -4.19. The fourth-order valence-corrected chi connectivity index (χ4v) is 6.49. The first-order valence-corrected chi connectivity index (χ1v) is 14.5. The van der Waals surface area contributed by atoms with Crippen LogP contribution in [0.3, 0.4) is 0 Å². The van der Waals surface area contributed by atoms with E-state index in [1.54, 1.807) is 37.2 Å². The molecular formula is C31H34ClN7O4. The highest BCUT2D eigenvalue weighted by atomic mass is 35.5. The van der Waals surface area contributed by atoms with Crippen molar-refractivity contribution in [2.24, 2.45) is 13.0 Å². The molecule has 1 aromatic carbocycles. The molecular weight excluding hydrogens is 570 g/mol. The van der Waals surface area contributed by atoms with Crippen LogP contribution >= 0.6 is 11.6 Å². The molecule has 0 saturated carbocycles. The number of carboxylic acids is 1. The van der Waals surface area contributed by atoms with Crippen molar-refractivity contribution in [2.45, 2.75) is 6.42 Å². The summed E-state index contributed by atoms with van der Waals surface area (Å²) < 4.78 is 6.83. The monoisotopic (exact) mass is 603 g/mol. The lowest BCUT2D eigenvalue weighted by Gasteiger charge is -2.25. The summed E-state index contributed by atoms with van der Waals surface area (Å²) in [5.74, 6) is -0.828. The molecule has 0 spiro atoms. The summed E-state index contributed by atoms with van der Waals surface area (Å²) in [6.07, 6.45) is 5.85. The number of likely N-dealkylation sites (N-methyl/N-ethyl adjacent to an activating group) is 1. The van der Waals surface area contributed by atoms with Gasteiger partial charge in [-0.1, -0.05) is 11.6 Å². The van der Waals surface area contributed by atoms with E-state index in [2.05, 4.69) is 32.1 Å². The molecule has 11 nitrogen and oxygen atoms in total. The van der Waals surface area contributed by atoms with Crippen molar-refractivity contribution in [1.82, 2.24) is 24.4 Å². The van der Waals surface area contributed by atoms with E-state index < -0.39 is 11.4 Å². The number of nitrogens with zero attached hydrogens (tertiary/aromatic N) is 5. The zero-order chi connectivity index (χ0) is 30.4. The molecule has 3 N–H and O–H groups in total. The molecule has 4 aromatic heterocycles. The van der Waals surface area contributed by atoms with Gasteiger partial charge in [-0.25, -0.2) is 14.8 Å². The lowest BCUT2D eigenvalue weighted by Crippen LogP contribution is -2.30. The van der Waals surface area contributed by atoms with Crippen LogP contribution in [0, 0.1) is 5.92 Å². The largest absolute Gasteiger partial charge is 0.477 e. The molecule has 1 aliphatic rings. The number of H-pyrrole nitrogens is 1. The fraction of sp³-hybridized carbons (Fsp3) is 0.355. The highest BCUT2D eigenvalue weighted by Crippen LogP contribution is 2.44. The van der Waals surface area contributed by atoms with Gasteiger partial charge < -0.3 is 34.5 Å². The van der Waals surface area contributed by atoms with E-state index in [0.717, 1.165) is 71.5 Å². The first-order chi connectivity index (χ1) is 20.7. The number of rotatable bonds is 9. The summed E-state index contributed by atoms with van der Waals surface area (Å²) in [6, 6.07) is 5.56. The van der Waals surface area contributed by atoms with Gasteiger partial charge in [0.25, 0.3) is 0 Å². The van der Waals surface area contributed by atoms with Gasteiger partial charge in [0.2, 0.25) is 5.43 Å². The van der Waals surface area contributed by atoms with Gasteiger partial charge in [0.1, 0.15) is 16.9 Å². The van der Waals surface area contributed by atoms with Crippen LogP contribution in [-0.4, -0.2) is 89.5 Å². The number of hydrogen-bond donors (Lipinski definition) is 3.